The molecule has 132 valence electrons. The third-order valence-electron chi connectivity index (χ3n) is 3.55. The van der Waals surface area contributed by atoms with Gasteiger partial charge in [-0.2, -0.15) is 0 Å². The van der Waals surface area contributed by atoms with Crippen molar-refractivity contribution >= 4 is 33.3 Å². The summed E-state index contributed by atoms with van der Waals surface area (Å²) in [6.45, 7) is 4.71. The fraction of sp³-hybridized carbons (Fsp3) is 0.0952. The first-order chi connectivity index (χ1) is 12.7. The average Bonchev–Trinajstić information content (AvgIpc) is 2.72. The summed E-state index contributed by atoms with van der Waals surface area (Å²) < 4.78 is 11.1. The third-order valence-corrected chi connectivity index (χ3v) is 6.10. The Bertz CT molecular complexity index is 755. The van der Waals surface area contributed by atoms with Gasteiger partial charge < -0.3 is 9.47 Å². The zero-order valence-corrected chi connectivity index (χ0v) is 15.7. The van der Waals surface area contributed by atoms with Gasteiger partial charge in [0.2, 0.25) is 0 Å². The average molecular weight is 383 g/mol. The highest BCUT2D eigenvalue weighted by Gasteiger charge is 2.12. The molecule has 0 spiro atoms. The van der Waals surface area contributed by atoms with Crippen LogP contribution in [-0.2, 0) is 9.47 Å². The first-order valence-electron chi connectivity index (χ1n) is 8.06. The van der Waals surface area contributed by atoms with Crippen LogP contribution in [0.15, 0.2) is 89.2 Å². The summed E-state index contributed by atoms with van der Waals surface area (Å²) in [5.41, 5.74) is 1.54. The number of esters is 1. The van der Waals surface area contributed by atoms with Crippen molar-refractivity contribution in [2.75, 3.05) is 13.2 Å². The Morgan fingerprint density at radius 1 is 0.769 bits per heavy atom. The smallest absolute Gasteiger partial charge is 0.338 e. The second-order valence-electron chi connectivity index (χ2n) is 5.45. The highest BCUT2D eigenvalue weighted by atomic mass is 33.1. The largest absolute Gasteiger partial charge is 0.488 e. The number of allylic oxidation sites excluding steroid dienone is 2. The molecule has 3 rings (SSSR count). The maximum Gasteiger partial charge on any atom is 0.338 e. The molecular weight excluding hydrogens is 364 g/mol. The molecule has 2 aromatic rings. The normalized spacial score (nSPS) is 13.4. The first-order valence-corrected chi connectivity index (χ1v) is 10.2. The molecule has 3 nitrogen and oxygen atoms in total. The van der Waals surface area contributed by atoms with Gasteiger partial charge in [-0.3, -0.25) is 0 Å². The zero-order chi connectivity index (χ0) is 18.2. The predicted octanol–water partition coefficient (Wildman–Crippen LogP) is 5.69. The number of benzene rings is 2. The van der Waals surface area contributed by atoms with Crippen LogP contribution in [0.5, 0.6) is 0 Å². The monoisotopic (exact) mass is 382 g/mol. The van der Waals surface area contributed by atoms with Crippen LogP contribution in [0.25, 0.3) is 5.76 Å². The van der Waals surface area contributed by atoms with Crippen LogP contribution in [-0.4, -0.2) is 19.2 Å². The predicted molar refractivity (Wildman–Crippen MR) is 110 cm³/mol. The summed E-state index contributed by atoms with van der Waals surface area (Å²) in [6, 6.07) is 18.8. The van der Waals surface area contributed by atoms with Crippen molar-refractivity contribution in [1.29, 1.82) is 0 Å². The van der Waals surface area contributed by atoms with E-state index in [2.05, 4.69) is 6.58 Å². The van der Waals surface area contributed by atoms with Gasteiger partial charge >= 0.3 is 5.97 Å². The SMILES string of the molecule is C=C(OCC1=CC=C(COC(=O)c2ccccc2)SS1)c1ccccc1. The number of hydrogen-bond acceptors (Lipinski definition) is 5. The van der Waals surface area contributed by atoms with Crippen LogP contribution in [0.3, 0.4) is 0 Å². The number of carbonyl (C=O) groups is 1. The lowest BCUT2D eigenvalue weighted by Crippen LogP contribution is -2.07. The second kappa shape index (κ2) is 9.36. The molecule has 0 aromatic heterocycles. The van der Waals surface area contributed by atoms with Crippen LogP contribution >= 0.6 is 21.6 Å². The molecule has 0 fully saturated rings. The van der Waals surface area contributed by atoms with Crippen molar-refractivity contribution in [3.63, 3.8) is 0 Å². The minimum atomic E-state index is -0.311. The van der Waals surface area contributed by atoms with Gasteiger partial charge in [-0.15, -0.1) is 0 Å². The lowest BCUT2D eigenvalue weighted by molar-refractivity contribution is 0.0546. The molecule has 0 amide bonds. The summed E-state index contributed by atoms with van der Waals surface area (Å²) >= 11 is 0. The Morgan fingerprint density at radius 2 is 1.27 bits per heavy atom. The van der Waals surface area contributed by atoms with Gasteiger partial charge in [-0.05, 0) is 24.3 Å². The quantitative estimate of drug-likeness (QED) is 0.349. The highest BCUT2D eigenvalue weighted by molar-refractivity contribution is 8.79. The Morgan fingerprint density at radius 3 is 1.81 bits per heavy atom. The van der Waals surface area contributed by atoms with Gasteiger partial charge in [0.1, 0.15) is 19.0 Å². The molecule has 0 saturated carbocycles. The van der Waals surface area contributed by atoms with Gasteiger partial charge in [0.15, 0.2) is 0 Å². The molecule has 0 bridgehead atoms. The van der Waals surface area contributed by atoms with Crippen LogP contribution in [0.2, 0.25) is 0 Å². The molecule has 0 N–H and O–H groups in total. The number of ether oxygens (including phenoxy) is 2. The van der Waals surface area contributed by atoms with E-state index in [1.54, 1.807) is 33.7 Å². The zero-order valence-electron chi connectivity index (χ0n) is 14.1. The molecule has 0 atom stereocenters. The Balaban J connectivity index is 1.47. The molecule has 26 heavy (non-hydrogen) atoms. The summed E-state index contributed by atoms with van der Waals surface area (Å²) in [5.74, 6) is 0.345. The molecule has 1 heterocycles. The minimum Gasteiger partial charge on any atom is -0.488 e. The van der Waals surface area contributed by atoms with E-state index in [1.807, 2.05) is 60.7 Å². The van der Waals surface area contributed by atoms with E-state index in [4.69, 9.17) is 9.47 Å². The summed E-state index contributed by atoms with van der Waals surface area (Å²) in [6.07, 6.45) is 3.95. The van der Waals surface area contributed by atoms with Gasteiger partial charge in [-0.25, -0.2) is 4.79 Å². The lowest BCUT2D eigenvalue weighted by Gasteiger charge is -2.15. The van der Waals surface area contributed by atoms with Gasteiger partial charge in [0.25, 0.3) is 0 Å². The first kappa shape index (κ1) is 18.4. The van der Waals surface area contributed by atoms with Gasteiger partial charge in [0, 0.05) is 15.4 Å². The standard InChI is InChI=1S/C21H18O3S2/c1-16(17-8-4-2-5-9-17)23-14-19-12-13-20(26-25-19)15-24-21(22)18-10-6-3-7-11-18/h2-13H,1,14-15H2. The number of rotatable bonds is 7. The van der Waals surface area contributed by atoms with E-state index in [1.165, 1.54) is 0 Å². The van der Waals surface area contributed by atoms with E-state index in [9.17, 15) is 4.79 Å². The molecule has 0 saturated heterocycles. The van der Waals surface area contributed by atoms with Gasteiger partial charge in [0.05, 0.1) is 5.56 Å². The maximum absolute atomic E-state index is 12.0. The fourth-order valence-electron chi connectivity index (χ4n) is 2.15. The summed E-state index contributed by atoms with van der Waals surface area (Å²) in [4.78, 5) is 14.0. The lowest BCUT2D eigenvalue weighted by atomic mass is 10.2. The van der Waals surface area contributed by atoms with Gasteiger partial charge in [-0.1, -0.05) is 76.7 Å². The Kier molecular flexibility index (Phi) is 6.63. The summed E-state index contributed by atoms with van der Waals surface area (Å²) in [5, 5.41) is 0. The van der Waals surface area contributed by atoms with E-state index < -0.39 is 0 Å². The number of carbonyl (C=O) groups excluding carboxylic acids is 1. The van der Waals surface area contributed by atoms with Crippen molar-refractivity contribution in [2.24, 2.45) is 0 Å². The molecule has 2 aromatic carbocycles. The fourth-order valence-corrected chi connectivity index (χ4v) is 4.09. The van der Waals surface area contributed by atoms with Crippen molar-refractivity contribution in [2.45, 2.75) is 0 Å². The van der Waals surface area contributed by atoms with Crippen LogP contribution in [0, 0.1) is 0 Å². The highest BCUT2D eigenvalue weighted by Crippen LogP contribution is 2.40. The Labute approximate surface area is 161 Å². The topological polar surface area (TPSA) is 35.5 Å². The maximum atomic E-state index is 12.0. The van der Waals surface area contributed by atoms with E-state index in [0.717, 1.165) is 15.4 Å². The van der Waals surface area contributed by atoms with E-state index >= 15 is 0 Å². The molecule has 0 aliphatic carbocycles. The molecular formula is C21H18O3S2. The van der Waals surface area contributed by atoms with Crippen LogP contribution in [0.1, 0.15) is 15.9 Å². The minimum absolute atomic E-state index is 0.271. The molecule has 5 heteroatoms. The molecule has 1 aliphatic rings. The summed E-state index contributed by atoms with van der Waals surface area (Å²) in [7, 11) is 3.19. The van der Waals surface area contributed by atoms with E-state index in [0.29, 0.717) is 17.9 Å². The van der Waals surface area contributed by atoms with Crippen molar-refractivity contribution in [3.05, 3.63) is 100 Å². The number of hydrogen-bond donors (Lipinski definition) is 0. The van der Waals surface area contributed by atoms with E-state index in [-0.39, 0.29) is 12.6 Å². The second-order valence-corrected chi connectivity index (χ2v) is 7.83. The van der Waals surface area contributed by atoms with Crippen LogP contribution < -0.4 is 0 Å². The van der Waals surface area contributed by atoms with Crippen molar-refractivity contribution < 1.29 is 14.3 Å². The molecule has 0 radical (unpaired) electrons. The van der Waals surface area contributed by atoms with Crippen molar-refractivity contribution in [1.82, 2.24) is 0 Å². The Hall–Kier alpha value is -2.37. The van der Waals surface area contributed by atoms with Crippen LogP contribution in [0.4, 0.5) is 0 Å². The third kappa shape index (κ3) is 5.31. The molecule has 1 aliphatic heterocycles. The molecule has 0 unspecified atom stereocenters. The van der Waals surface area contributed by atoms with Crippen molar-refractivity contribution in [3.8, 4) is 0 Å².